The van der Waals surface area contributed by atoms with Gasteiger partial charge >= 0.3 is 0 Å². The van der Waals surface area contributed by atoms with Gasteiger partial charge in [-0.2, -0.15) is 4.31 Å². The van der Waals surface area contributed by atoms with E-state index >= 15 is 0 Å². The molecular weight excluding hydrogens is 404 g/mol. The lowest BCUT2D eigenvalue weighted by molar-refractivity contribution is -0.137. The second-order valence-corrected chi connectivity index (χ2v) is 8.70. The molecule has 0 atom stereocenters. The Morgan fingerprint density at radius 2 is 1.77 bits per heavy atom. The number of nitrogens with zero attached hydrogens (tertiary/aromatic N) is 2. The van der Waals surface area contributed by atoms with E-state index in [1.54, 1.807) is 18.1 Å². The lowest BCUT2D eigenvalue weighted by Gasteiger charge is -2.33. The number of benzene rings is 2. The zero-order chi connectivity index (χ0) is 21.4. The molecule has 1 saturated heterocycles. The summed E-state index contributed by atoms with van der Waals surface area (Å²) < 4.78 is 37.1. The normalized spacial score (nSPS) is 15.4. The maximum Gasteiger partial charge on any atom is 0.248 e. The molecule has 0 saturated carbocycles. The molecule has 30 heavy (non-hydrogen) atoms. The van der Waals surface area contributed by atoms with Gasteiger partial charge in [-0.25, -0.2) is 8.42 Å². The molecule has 0 aromatic heterocycles. The van der Waals surface area contributed by atoms with E-state index in [9.17, 15) is 13.2 Å². The monoisotopic (exact) mass is 430 g/mol. The van der Waals surface area contributed by atoms with E-state index in [-0.39, 0.29) is 25.6 Å². The molecule has 0 N–H and O–H groups in total. The van der Waals surface area contributed by atoms with Gasteiger partial charge in [0.1, 0.15) is 12.4 Å². The number of piperazine rings is 1. The Kier molecular flexibility index (Phi) is 7.62. The van der Waals surface area contributed by atoms with Gasteiger partial charge in [-0.05, 0) is 29.3 Å². The smallest absolute Gasteiger partial charge is 0.248 e. The Balaban J connectivity index is 1.45. The van der Waals surface area contributed by atoms with Crippen molar-refractivity contribution >= 4 is 22.0 Å². The third kappa shape index (κ3) is 6.16. The van der Waals surface area contributed by atoms with Gasteiger partial charge in [-0.1, -0.05) is 42.5 Å². The molecule has 8 heteroatoms. The molecule has 1 aliphatic rings. The first kappa shape index (κ1) is 22.0. The number of carbonyl (C=O) groups excluding carboxylic acids is 1. The van der Waals surface area contributed by atoms with Crippen LogP contribution in [0.15, 0.2) is 60.0 Å². The fraction of sp³-hybridized carbons (Fsp3) is 0.318. The molecule has 160 valence electrons. The Morgan fingerprint density at radius 3 is 2.47 bits per heavy atom. The largest absolute Gasteiger partial charge is 0.497 e. The van der Waals surface area contributed by atoms with Crippen LogP contribution in [0.5, 0.6) is 5.75 Å². The summed E-state index contributed by atoms with van der Waals surface area (Å²) in [6.07, 6.45) is 1.58. The van der Waals surface area contributed by atoms with Crippen molar-refractivity contribution in [2.24, 2.45) is 0 Å². The van der Waals surface area contributed by atoms with Gasteiger partial charge in [-0.15, -0.1) is 0 Å². The Bertz CT molecular complexity index is 968. The van der Waals surface area contributed by atoms with Crippen LogP contribution in [0.25, 0.3) is 6.08 Å². The summed E-state index contributed by atoms with van der Waals surface area (Å²) >= 11 is 0. The van der Waals surface area contributed by atoms with Crippen molar-refractivity contribution in [3.8, 4) is 5.75 Å². The topological polar surface area (TPSA) is 76.2 Å². The van der Waals surface area contributed by atoms with Gasteiger partial charge in [0.2, 0.25) is 15.9 Å². The van der Waals surface area contributed by atoms with Crippen LogP contribution in [-0.2, 0) is 26.2 Å². The summed E-state index contributed by atoms with van der Waals surface area (Å²) in [7, 11) is -1.92. The number of rotatable bonds is 8. The van der Waals surface area contributed by atoms with Crippen LogP contribution in [0.3, 0.4) is 0 Å². The molecule has 7 nitrogen and oxygen atoms in total. The minimum atomic E-state index is -3.52. The molecule has 0 aliphatic carbocycles. The SMILES string of the molecule is COc1cccc(COCC(=O)N2CCN(S(=O)(=O)/C=C/c3ccccc3)CC2)c1. The summed E-state index contributed by atoms with van der Waals surface area (Å²) in [5.41, 5.74) is 1.74. The molecule has 1 aliphatic heterocycles. The van der Waals surface area contributed by atoms with Crippen molar-refractivity contribution in [3.63, 3.8) is 0 Å². The number of ether oxygens (including phenoxy) is 2. The predicted molar refractivity (Wildman–Crippen MR) is 115 cm³/mol. The first-order valence-corrected chi connectivity index (χ1v) is 11.2. The van der Waals surface area contributed by atoms with Crippen LogP contribution in [0.4, 0.5) is 0 Å². The quantitative estimate of drug-likeness (QED) is 0.643. The Labute approximate surface area is 177 Å². The molecular formula is C22H26N2O5S. The van der Waals surface area contributed by atoms with E-state index in [4.69, 9.17) is 9.47 Å². The second-order valence-electron chi connectivity index (χ2n) is 6.88. The summed E-state index contributed by atoms with van der Waals surface area (Å²) in [6, 6.07) is 16.7. The van der Waals surface area contributed by atoms with Gasteiger partial charge < -0.3 is 14.4 Å². The van der Waals surface area contributed by atoms with Crippen molar-refractivity contribution in [2.45, 2.75) is 6.61 Å². The van der Waals surface area contributed by atoms with Crippen molar-refractivity contribution in [1.82, 2.24) is 9.21 Å². The van der Waals surface area contributed by atoms with Gasteiger partial charge in [0, 0.05) is 31.6 Å². The number of hydrogen-bond donors (Lipinski definition) is 0. The molecule has 2 aromatic rings. The molecule has 0 unspecified atom stereocenters. The van der Waals surface area contributed by atoms with Gasteiger partial charge in [-0.3, -0.25) is 4.79 Å². The van der Waals surface area contributed by atoms with Gasteiger partial charge in [0.25, 0.3) is 0 Å². The van der Waals surface area contributed by atoms with Crippen LogP contribution in [-0.4, -0.2) is 63.4 Å². The highest BCUT2D eigenvalue weighted by Gasteiger charge is 2.27. The summed E-state index contributed by atoms with van der Waals surface area (Å²) in [4.78, 5) is 14.0. The van der Waals surface area contributed by atoms with Crippen molar-refractivity contribution < 1.29 is 22.7 Å². The molecule has 1 fully saturated rings. The van der Waals surface area contributed by atoms with Crippen LogP contribution < -0.4 is 4.74 Å². The highest BCUT2D eigenvalue weighted by atomic mass is 32.2. The summed E-state index contributed by atoms with van der Waals surface area (Å²) in [5, 5.41) is 1.22. The van der Waals surface area contributed by atoms with Gasteiger partial charge in [0.05, 0.1) is 13.7 Å². The van der Waals surface area contributed by atoms with E-state index < -0.39 is 10.0 Å². The van der Waals surface area contributed by atoms with Crippen LogP contribution >= 0.6 is 0 Å². The fourth-order valence-corrected chi connectivity index (χ4v) is 4.29. The van der Waals surface area contributed by atoms with E-state index in [0.29, 0.717) is 19.7 Å². The molecule has 0 radical (unpaired) electrons. The third-order valence-corrected chi connectivity index (χ3v) is 6.38. The van der Waals surface area contributed by atoms with Crippen LogP contribution in [0.1, 0.15) is 11.1 Å². The number of sulfonamides is 1. The maximum absolute atomic E-state index is 12.5. The van der Waals surface area contributed by atoms with Crippen molar-refractivity contribution in [3.05, 3.63) is 71.1 Å². The minimum Gasteiger partial charge on any atom is -0.497 e. The second kappa shape index (κ2) is 10.4. The number of carbonyl (C=O) groups is 1. The average Bonchev–Trinajstić information content (AvgIpc) is 2.78. The van der Waals surface area contributed by atoms with Crippen molar-refractivity contribution in [2.75, 3.05) is 39.9 Å². The van der Waals surface area contributed by atoms with E-state index in [1.165, 1.54) is 9.71 Å². The zero-order valence-corrected chi connectivity index (χ0v) is 17.8. The zero-order valence-electron chi connectivity index (χ0n) is 16.9. The first-order valence-electron chi connectivity index (χ1n) is 9.70. The summed E-state index contributed by atoms with van der Waals surface area (Å²) in [6.45, 7) is 1.49. The van der Waals surface area contributed by atoms with Gasteiger partial charge in [0.15, 0.2) is 0 Å². The van der Waals surface area contributed by atoms with Crippen molar-refractivity contribution in [1.29, 1.82) is 0 Å². The standard InChI is InChI=1S/C22H26N2O5S/c1-28-21-9-5-8-20(16-21)17-29-18-22(25)23-11-13-24(14-12-23)30(26,27)15-10-19-6-3-2-4-7-19/h2-10,15-16H,11-14,17-18H2,1H3/b15-10+. The van der Waals surface area contributed by atoms with Crippen LogP contribution in [0, 0.1) is 0 Å². The number of amides is 1. The molecule has 0 spiro atoms. The first-order chi connectivity index (χ1) is 14.5. The fourth-order valence-electron chi connectivity index (χ4n) is 3.12. The molecule has 2 aromatic carbocycles. The average molecular weight is 431 g/mol. The van der Waals surface area contributed by atoms with E-state index in [1.807, 2.05) is 54.6 Å². The molecule has 1 amide bonds. The maximum atomic E-state index is 12.5. The molecule has 0 bridgehead atoms. The highest BCUT2D eigenvalue weighted by Crippen LogP contribution is 2.14. The number of methoxy groups -OCH3 is 1. The Morgan fingerprint density at radius 1 is 1.03 bits per heavy atom. The third-order valence-electron chi connectivity index (χ3n) is 4.81. The summed E-state index contributed by atoms with van der Waals surface area (Å²) in [5.74, 6) is 0.593. The molecule has 3 rings (SSSR count). The highest BCUT2D eigenvalue weighted by molar-refractivity contribution is 7.92. The van der Waals surface area contributed by atoms with Crippen LogP contribution in [0.2, 0.25) is 0 Å². The van der Waals surface area contributed by atoms with E-state index in [2.05, 4.69) is 0 Å². The predicted octanol–water partition coefficient (Wildman–Crippen LogP) is 2.36. The number of hydrogen-bond acceptors (Lipinski definition) is 5. The minimum absolute atomic E-state index is 0.0438. The molecule has 1 heterocycles. The lowest BCUT2D eigenvalue weighted by atomic mass is 10.2. The van der Waals surface area contributed by atoms with E-state index in [0.717, 1.165) is 16.9 Å². The lowest BCUT2D eigenvalue weighted by Crippen LogP contribution is -2.50. The Hall–Kier alpha value is -2.68.